The minimum absolute atomic E-state index is 0.718. The summed E-state index contributed by atoms with van der Waals surface area (Å²) in [6.45, 7) is 10.2. The second-order valence-corrected chi connectivity index (χ2v) is 5.69. The number of rotatable bonds is 8. The first-order chi connectivity index (χ1) is 10.3. The minimum Gasteiger partial charge on any atom is -0.478 e. The number of hydrogen-bond donors (Lipinski definition) is 1. The van der Waals surface area contributed by atoms with Crippen molar-refractivity contribution in [3.05, 3.63) is 70.9 Å². The Labute approximate surface area is 134 Å². The molecule has 2 nitrogen and oxygen atoms in total. The molecule has 0 aromatic heterocycles. The average Bonchev–Trinajstić information content (AvgIpc) is 2.37. The molecule has 22 heavy (non-hydrogen) atoms. The molecule has 0 aliphatic rings. The summed E-state index contributed by atoms with van der Waals surface area (Å²) in [5.74, 6) is -0.920. The first kappa shape index (κ1) is 19.9. The van der Waals surface area contributed by atoms with Crippen molar-refractivity contribution in [2.24, 2.45) is 0 Å². The van der Waals surface area contributed by atoms with Gasteiger partial charge in [-0.25, -0.2) is 4.79 Å². The summed E-state index contributed by atoms with van der Waals surface area (Å²) >= 11 is 0. The van der Waals surface area contributed by atoms with Crippen LogP contribution in [0.5, 0.6) is 0 Å². The van der Waals surface area contributed by atoms with Crippen LogP contribution in [0.3, 0.4) is 0 Å². The molecule has 0 fully saturated rings. The van der Waals surface area contributed by atoms with E-state index in [1.807, 2.05) is 25.2 Å². The lowest BCUT2D eigenvalue weighted by molar-refractivity contribution is -0.131. The summed E-state index contributed by atoms with van der Waals surface area (Å²) < 4.78 is 0. The molecule has 2 heteroatoms. The molecule has 0 atom stereocenters. The van der Waals surface area contributed by atoms with Crippen LogP contribution in [0.15, 0.2) is 70.9 Å². The van der Waals surface area contributed by atoms with Crippen LogP contribution in [0.25, 0.3) is 0 Å². The third-order valence-electron chi connectivity index (χ3n) is 2.90. The van der Waals surface area contributed by atoms with Gasteiger partial charge >= 0.3 is 5.97 Å². The van der Waals surface area contributed by atoms with Crippen molar-refractivity contribution in [1.82, 2.24) is 0 Å². The molecule has 0 saturated carbocycles. The largest absolute Gasteiger partial charge is 0.478 e. The molecule has 0 bridgehead atoms. The highest BCUT2D eigenvalue weighted by molar-refractivity contribution is 5.81. The molecule has 0 spiro atoms. The lowest BCUT2D eigenvalue weighted by Crippen LogP contribution is -1.87. The third-order valence-corrected chi connectivity index (χ3v) is 2.90. The van der Waals surface area contributed by atoms with Crippen LogP contribution in [0.4, 0.5) is 0 Å². The maximum atomic E-state index is 10.5. The number of hydrogen-bond acceptors (Lipinski definition) is 1. The van der Waals surface area contributed by atoms with Crippen molar-refractivity contribution in [2.45, 2.75) is 47.5 Å². The second kappa shape index (κ2) is 11.6. The summed E-state index contributed by atoms with van der Waals surface area (Å²) in [5, 5.41) is 8.61. The lowest BCUT2D eigenvalue weighted by atomic mass is 10.1. The quantitative estimate of drug-likeness (QED) is 0.351. The van der Waals surface area contributed by atoms with E-state index in [4.69, 9.17) is 5.11 Å². The van der Waals surface area contributed by atoms with Crippen molar-refractivity contribution in [1.29, 1.82) is 0 Å². The summed E-state index contributed by atoms with van der Waals surface area (Å²) in [5.41, 5.74) is 4.56. The molecule has 0 aliphatic carbocycles. The molecule has 0 unspecified atom stereocenters. The first-order valence-corrected chi connectivity index (χ1v) is 7.54. The van der Waals surface area contributed by atoms with Gasteiger partial charge in [-0.2, -0.15) is 0 Å². The molecular weight excluding hydrogens is 272 g/mol. The summed E-state index contributed by atoms with van der Waals surface area (Å²) in [6, 6.07) is 0. The molecule has 0 radical (unpaired) electrons. The zero-order chi connectivity index (χ0) is 17.0. The number of carboxylic acids is 1. The van der Waals surface area contributed by atoms with E-state index in [1.54, 1.807) is 13.0 Å². The van der Waals surface area contributed by atoms with Crippen LogP contribution in [0.1, 0.15) is 47.5 Å². The molecule has 120 valence electrons. The topological polar surface area (TPSA) is 37.3 Å². The van der Waals surface area contributed by atoms with E-state index in [9.17, 15) is 4.79 Å². The normalized spacial score (nSPS) is 14.0. The van der Waals surface area contributed by atoms with Crippen molar-refractivity contribution in [3.63, 3.8) is 0 Å². The summed E-state index contributed by atoms with van der Waals surface area (Å²) in [6.07, 6.45) is 17.5. The van der Waals surface area contributed by atoms with Gasteiger partial charge in [0, 0.05) is 6.08 Å². The Bertz CT molecular complexity index is 534. The van der Waals surface area contributed by atoms with Gasteiger partial charge in [-0.05, 0) is 53.0 Å². The first-order valence-electron chi connectivity index (χ1n) is 7.54. The van der Waals surface area contributed by atoms with E-state index < -0.39 is 5.97 Å². The van der Waals surface area contributed by atoms with Crippen LogP contribution in [-0.4, -0.2) is 11.1 Å². The van der Waals surface area contributed by atoms with Gasteiger partial charge in [0.2, 0.25) is 0 Å². The molecule has 0 heterocycles. The van der Waals surface area contributed by atoms with Gasteiger partial charge in [-0.15, -0.1) is 0 Å². The monoisotopic (exact) mass is 300 g/mol. The Morgan fingerprint density at radius 3 is 2.09 bits per heavy atom. The van der Waals surface area contributed by atoms with Crippen LogP contribution >= 0.6 is 0 Å². The Hall–Kier alpha value is -2.09. The molecule has 0 aromatic rings. The van der Waals surface area contributed by atoms with Gasteiger partial charge in [-0.1, -0.05) is 59.3 Å². The fraction of sp³-hybridized carbons (Fsp3) is 0.350. The van der Waals surface area contributed by atoms with Crippen molar-refractivity contribution >= 4 is 5.97 Å². The minimum atomic E-state index is -0.920. The zero-order valence-electron chi connectivity index (χ0n) is 14.4. The van der Waals surface area contributed by atoms with Crippen LogP contribution < -0.4 is 0 Å². The van der Waals surface area contributed by atoms with E-state index in [0.29, 0.717) is 0 Å². The Balaban J connectivity index is 4.43. The van der Waals surface area contributed by atoms with Crippen molar-refractivity contribution in [3.8, 4) is 0 Å². The predicted octanol–water partition coefficient (Wildman–Crippen LogP) is 5.77. The van der Waals surface area contributed by atoms with E-state index in [0.717, 1.165) is 24.0 Å². The van der Waals surface area contributed by atoms with Gasteiger partial charge < -0.3 is 5.11 Å². The highest BCUT2D eigenvalue weighted by Crippen LogP contribution is 2.07. The third kappa shape index (κ3) is 12.9. The SMILES string of the molecule is CC(C)=CCC/C(C)=C/C=C/C(C)=C\C=C\C(C)=C\C(=O)O. The number of allylic oxidation sites excluding steroid dienone is 11. The fourth-order valence-corrected chi connectivity index (χ4v) is 1.69. The van der Waals surface area contributed by atoms with Crippen molar-refractivity contribution in [2.75, 3.05) is 0 Å². The highest BCUT2D eigenvalue weighted by atomic mass is 16.4. The Kier molecular flexibility index (Phi) is 10.5. The van der Waals surface area contributed by atoms with Crippen LogP contribution in [-0.2, 0) is 4.79 Å². The molecule has 1 N–H and O–H groups in total. The van der Waals surface area contributed by atoms with Crippen LogP contribution in [0, 0.1) is 0 Å². The highest BCUT2D eigenvalue weighted by Gasteiger charge is 1.89. The molecule has 0 aromatic carbocycles. The van der Waals surface area contributed by atoms with Gasteiger partial charge in [0.25, 0.3) is 0 Å². The standard InChI is InChI=1S/C20H28O2/c1-16(2)9-6-10-17(3)11-7-12-18(4)13-8-14-19(5)15-20(21)22/h7-9,11-15H,6,10H2,1-5H3,(H,21,22)/b12-7+,14-8+,17-11+,18-13-,19-15+. The fourth-order valence-electron chi connectivity index (χ4n) is 1.69. The molecule has 0 saturated heterocycles. The summed E-state index contributed by atoms with van der Waals surface area (Å²) in [4.78, 5) is 10.5. The van der Waals surface area contributed by atoms with E-state index in [-0.39, 0.29) is 0 Å². The van der Waals surface area contributed by atoms with E-state index in [1.165, 1.54) is 17.2 Å². The van der Waals surface area contributed by atoms with Crippen molar-refractivity contribution < 1.29 is 9.90 Å². The molecule has 0 amide bonds. The number of carboxylic acid groups (broad SMARTS) is 1. The Morgan fingerprint density at radius 2 is 1.50 bits per heavy atom. The molecule has 0 aliphatic heterocycles. The smallest absolute Gasteiger partial charge is 0.328 e. The maximum Gasteiger partial charge on any atom is 0.328 e. The second-order valence-electron chi connectivity index (χ2n) is 5.69. The number of carbonyl (C=O) groups is 1. The van der Waals surface area contributed by atoms with Crippen LogP contribution in [0.2, 0.25) is 0 Å². The van der Waals surface area contributed by atoms with E-state index >= 15 is 0 Å². The van der Waals surface area contributed by atoms with Gasteiger partial charge in [0.15, 0.2) is 0 Å². The zero-order valence-corrected chi connectivity index (χ0v) is 14.4. The van der Waals surface area contributed by atoms with Gasteiger partial charge in [0.1, 0.15) is 0 Å². The Morgan fingerprint density at radius 1 is 0.909 bits per heavy atom. The predicted molar refractivity (Wildman–Crippen MR) is 95.9 cm³/mol. The molecule has 0 rings (SSSR count). The van der Waals surface area contributed by atoms with Gasteiger partial charge in [0.05, 0.1) is 0 Å². The molecular formula is C20H28O2. The van der Waals surface area contributed by atoms with E-state index in [2.05, 4.69) is 39.0 Å². The lowest BCUT2D eigenvalue weighted by Gasteiger charge is -1.96. The van der Waals surface area contributed by atoms with Gasteiger partial charge in [-0.3, -0.25) is 0 Å². The average molecular weight is 300 g/mol. The maximum absolute atomic E-state index is 10.5. The summed E-state index contributed by atoms with van der Waals surface area (Å²) in [7, 11) is 0. The number of aliphatic carboxylic acids is 1.